The molecule has 1 heterocycles. The van der Waals surface area contributed by atoms with E-state index < -0.39 is 0 Å². The number of nitrogens with one attached hydrogen (secondary N) is 1. The predicted molar refractivity (Wildman–Crippen MR) is 62.1 cm³/mol. The molecule has 1 unspecified atom stereocenters. The summed E-state index contributed by atoms with van der Waals surface area (Å²) < 4.78 is 0. The fraction of sp³-hybridized carbons (Fsp3) is 0.556. The van der Waals surface area contributed by atoms with Crippen molar-refractivity contribution in [2.75, 3.05) is 6.54 Å². The van der Waals surface area contributed by atoms with E-state index in [1.165, 1.54) is 11.3 Å². The zero-order valence-corrected chi connectivity index (χ0v) is 10.4. The Morgan fingerprint density at radius 3 is 3.14 bits per heavy atom. The maximum absolute atomic E-state index is 11.4. The number of amides is 1. The second-order valence-electron chi connectivity index (χ2n) is 2.92. The van der Waals surface area contributed by atoms with Crippen molar-refractivity contribution in [3.05, 3.63) is 16.6 Å². The van der Waals surface area contributed by atoms with Crippen molar-refractivity contribution in [3.63, 3.8) is 0 Å². The topological polar surface area (TPSA) is 42.0 Å². The summed E-state index contributed by atoms with van der Waals surface area (Å²) in [5.74, 6) is -0.0814. The minimum atomic E-state index is -0.0814. The van der Waals surface area contributed by atoms with Crippen LogP contribution in [0.2, 0.25) is 0 Å². The zero-order valence-electron chi connectivity index (χ0n) is 8.00. The van der Waals surface area contributed by atoms with Crippen LogP contribution in [0.3, 0.4) is 0 Å². The highest BCUT2D eigenvalue weighted by Crippen LogP contribution is 2.08. The van der Waals surface area contributed by atoms with E-state index in [1.807, 2.05) is 0 Å². The number of hydrogen-bond donors (Lipinski definition) is 1. The van der Waals surface area contributed by atoms with E-state index in [0.717, 1.165) is 12.8 Å². The number of carbonyl (C=O) groups excluding carboxylic acids is 1. The molecule has 3 nitrogen and oxygen atoms in total. The first-order valence-corrected chi connectivity index (χ1v) is 6.40. The van der Waals surface area contributed by atoms with Gasteiger partial charge in [0.25, 0.3) is 5.91 Å². The van der Waals surface area contributed by atoms with Gasteiger partial charge < -0.3 is 5.32 Å². The van der Waals surface area contributed by atoms with E-state index >= 15 is 0 Å². The molecule has 0 radical (unpaired) electrons. The van der Waals surface area contributed by atoms with Gasteiger partial charge in [0.15, 0.2) is 0 Å². The highest BCUT2D eigenvalue weighted by atomic mass is 79.9. The lowest BCUT2D eigenvalue weighted by Crippen LogP contribution is -2.26. The SMILES string of the molecule is CCC(Br)CCNC(=O)c1cscn1. The Morgan fingerprint density at radius 2 is 2.57 bits per heavy atom. The van der Waals surface area contributed by atoms with Crippen LogP contribution in [0, 0.1) is 0 Å². The van der Waals surface area contributed by atoms with Gasteiger partial charge in [-0.2, -0.15) is 0 Å². The molecular weight excluding hydrogens is 264 g/mol. The number of thiazole rings is 1. The second kappa shape index (κ2) is 6.14. The highest BCUT2D eigenvalue weighted by molar-refractivity contribution is 9.09. The van der Waals surface area contributed by atoms with Crippen molar-refractivity contribution in [1.29, 1.82) is 0 Å². The molecular formula is C9H13BrN2OS. The quantitative estimate of drug-likeness (QED) is 0.840. The van der Waals surface area contributed by atoms with Gasteiger partial charge in [-0.25, -0.2) is 4.98 Å². The number of alkyl halides is 1. The van der Waals surface area contributed by atoms with Crippen molar-refractivity contribution in [2.45, 2.75) is 24.6 Å². The smallest absolute Gasteiger partial charge is 0.270 e. The summed E-state index contributed by atoms with van der Waals surface area (Å²) in [6.07, 6.45) is 2.03. The van der Waals surface area contributed by atoms with Crippen LogP contribution in [-0.2, 0) is 0 Å². The monoisotopic (exact) mass is 276 g/mol. The standard InChI is InChI=1S/C9H13BrN2OS/c1-2-7(10)3-4-11-9(13)8-5-14-6-12-8/h5-7H,2-4H2,1H3,(H,11,13). The van der Waals surface area contributed by atoms with Crippen LogP contribution in [-0.4, -0.2) is 22.3 Å². The number of nitrogens with zero attached hydrogens (tertiary/aromatic N) is 1. The Kier molecular flexibility index (Phi) is 5.11. The first kappa shape index (κ1) is 11.7. The van der Waals surface area contributed by atoms with Gasteiger partial charge in [-0.05, 0) is 12.8 Å². The predicted octanol–water partition coefficient (Wildman–Crippen LogP) is 2.44. The zero-order chi connectivity index (χ0) is 10.4. The Bertz CT molecular complexity index is 276. The van der Waals surface area contributed by atoms with E-state index in [-0.39, 0.29) is 5.91 Å². The summed E-state index contributed by atoms with van der Waals surface area (Å²) in [4.78, 5) is 15.8. The van der Waals surface area contributed by atoms with Gasteiger partial charge >= 0.3 is 0 Å². The van der Waals surface area contributed by atoms with Crippen LogP contribution in [0.15, 0.2) is 10.9 Å². The molecule has 1 atom stereocenters. The summed E-state index contributed by atoms with van der Waals surface area (Å²) in [7, 11) is 0. The van der Waals surface area contributed by atoms with E-state index in [1.54, 1.807) is 10.9 Å². The molecule has 0 saturated carbocycles. The molecule has 0 spiro atoms. The maximum Gasteiger partial charge on any atom is 0.270 e. The van der Waals surface area contributed by atoms with Crippen LogP contribution < -0.4 is 5.32 Å². The van der Waals surface area contributed by atoms with Gasteiger partial charge in [-0.1, -0.05) is 22.9 Å². The van der Waals surface area contributed by atoms with Crippen LogP contribution >= 0.6 is 27.3 Å². The van der Waals surface area contributed by atoms with E-state index in [9.17, 15) is 4.79 Å². The molecule has 1 aromatic heterocycles. The summed E-state index contributed by atoms with van der Waals surface area (Å²) in [6.45, 7) is 2.81. The van der Waals surface area contributed by atoms with E-state index in [4.69, 9.17) is 0 Å². The minimum Gasteiger partial charge on any atom is -0.351 e. The molecule has 1 aromatic rings. The molecule has 1 amide bonds. The fourth-order valence-corrected chi connectivity index (χ4v) is 1.72. The van der Waals surface area contributed by atoms with E-state index in [2.05, 4.69) is 33.2 Å². The first-order valence-electron chi connectivity index (χ1n) is 4.54. The van der Waals surface area contributed by atoms with Gasteiger partial charge in [-0.15, -0.1) is 11.3 Å². The van der Waals surface area contributed by atoms with Crippen LogP contribution in [0.5, 0.6) is 0 Å². The van der Waals surface area contributed by atoms with Gasteiger partial charge in [0, 0.05) is 16.8 Å². The molecule has 0 aliphatic rings. The summed E-state index contributed by atoms with van der Waals surface area (Å²) in [5, 5.41) is 4.58. The van der Waals surface area contributed by atoms with Crippen molar-refractivity contribution >= 4 is 33.2 Å². The lowest BCUT2D eigenvalue weighted by molar-refractivity contribution is 0.0949. The number of aromatic nitrogens is 1. The highest BCUT2D eigenvalue weighted by Gasteiger charge is 2.07. The second-order valence-corrected chi connectivity index (χ2v) is 4.94. The number of halogens is 1. The van der Waals surface area contributed by atoms with Crippen molar-refractivity contribution < 1.29 is 4.79 Å². The average molecular weight is 277 g/mol. The normalized spacial score (nSPS) is 12.4. The Morgan fingerprint density at radius 1 is 1.79 bits per heavy atom. The Hall–Kier alpha value is -0.420. The lowest BCUT2D eigenvalue weighted by Gasteiger charge is -2.06. The van der Waals surface area contributed by atoms with Gasteiger partial charge in [0.05, 0.1) is 5.51 Å². The summed E-state index contributed by atoms with van der Waals surface area (Å²) in [6, 6.07) is 0. The van der Waals surface area contributed by atoms with Gasteiger partial charge in [-0.3, -0.25) is 4.79 Å². The molecule has 1 rings (SSSR count). The third kappa shape index (κ3) is 3.75. The van der Waals surface area contributed by atoms with Crippen molar-refractivity contribution in [1.82, 2.24) is 10.3 Å². The molecule has 0 bridgehead atoms. The average Bonchev–Trinajstić information content (AvgIpc) is 2.70. The van der Waals surface area contributed by atoms with Gasteiger partial charge in [0.1, 0.15) is 5.69 Å². The van der Waals surface area contributed by atoms with Crippen molar-refractivity contribution in [2.24, 2.45) is 0 Å². The van der Waals surface area contributed by atoms with E-state index in [0.29, 0.717) is 17.1 Å². The molecule has 0 aliphatic heterocycles. The number of hydrogen-bond acceptors (Lipinski definition) is 3. The molecule has 14 heavy (non-hydrogen) atoms. The molecule has 0 aromatic carbocycles. The molecule has 0 aliphatic carbocycles. The maximum atomic E-state index is 11.4. The minimum absolute atomic E-state index is 0.0814. The largest absolute Gasteiger partial charge is 0.351 e. The summed E-state index contributed by atoms with van der Waals surface area (Å²) >= 11 is 4.94. The molecule has 0 fully saturated rings. The van der Waals surface area contributed by atoms with Gasteiger partial charge in [0.2, 0.25) is 0 Å². The first-order chi connectivity index (χ1) is 6.74. The van der Waals surface area contributed by atoms with Crippen molar-refractivity contribution in [3.8, 4) is 0 Å². The molecule has 5 heteroatoms. The third-order valence-corrected chi connectivity index (χ3v) is 3.54. The number of rotatable bonds is 5. The fourth-order valence-electron chi connectivity index (χ4n) is 0.962. The third-order valence-electron chi connectivity index (χ3n) is 1.85. The number of carbonyl (C=O) groups is 1. The molecule has 0 saturated heterocycles. The molecule has 78 valence electrons. The Labute approximate surface area is 96.1 Å². The lowest BCUT2D eigenvalue weighted by atomic mass is 10.2. The Balaban J connectivity index is 2.23. The van der Waals surface area contributed by atoms with Crippen LogP contribution in [0.1, 0.15) is 30.3 Å². The molecule has 1 N–H and O–H groups in total. The summed E-state index contributed by atoms with van der Waals surface area (Å²) in [5.41, 5.74) is 2.17. The van der Waals surface area contributed by atoms with Crippen LogP contribution in [0.25, 0.3) is 0 Å². The van der Waals surface area contributed by atoms with Crippen LogP contribution in [0.4, 0.5) is 0 Å².